The number of nitrogens with zero attached hydrogens (tertiary/aromatic N) is 1. The number of benzene rings is 1. The van der Waals surface area contributed by atoms with Gasteiger partial charge in [-0.05, 0) is 78.2 Å². The Hall–Kier alpha value is -2.62. The van der Waals surface area contributed by atoms with Gasteiger partial charge in [-0.15, -0.1) is 0 Å². The SMILES string of the molecule is CC(C)=CCC/C(C)=C/CC/C(C)=C/CCCC(=O)N1C(=O)OC[C@@H]1Cc1ccccc1. The fourth-order valence-electron chi connectivity index (χ4n) is 3.86. The van der Waals surface area contributed by atoms with E-state index >= 15 is 0 Å². The van der Waals surface area contributed by atoms with Crippen LogP contribution in [0.25, 0.3) is 0 Å². The topological polar surface area (TPSA) is 46.6 Å². The standard InChI is InChI=1S/C28H39NO3/c1-22(2)12-10-14-24(4)16-11-15-23(3)13-8-9-19-27(30)29-26(21-32-28(29)31)20-25-17-6-5-7-18-25/h5-7,12-13,16-18,26H,8-11,14-15,19-21H2,1-4H3/b23-13+,24-16+/t26-/m0/s1. The summed E-state index contributed by atoms with van der Waals surface area (Å²) in [7, 11) is 0. The lowest BCUT2D eigenvalue weighted by molar-refractivity contribution is -0.129. The molecule has 0 N–H and O–H groups in total. The highest BCUT2D eigenvalue weighted by atomic mass is 16.6. The van der Waals surface area contributed by atoms with Crippen molar-refractivity contribution in [1.29, 1.82) is 0 Å². The summed E-state index contributed by atoms with van der Waals surface area (Å²) in [4.78, 5) is 26.1. The number of amides is 2. The molecule has 4 heteroatoms. The van der Waals surface area contributed by atoms with Crippen LogP contribution >= 0.6 is 0 Å². The molecule has 32 heavy (non-hydrogen) atoms. The lowest BCUT2D eigenvalue weighted by atomic mass is 10.0. The molecule has 1 atom stereocenters. The summed E-state index contributed by atoms with van der Waals surface area (Å²) >= 11 is 0. The van der Waals surface area contributed by atoms with Gasteiger partial charge in [0.15, 0.2) is 0 Å². The normalized spacial score (nSPS) is 16.8. The smallest absolute Gasteiger partial charge is 0.416 e. The minimum atomic E-state index is -0.505. The number of hydrogen-bond acceptors (Lipinski definition) is 3. The summed E-state index contributed by atoms with van der Waals surface area (Å²) < 4.78 is 5.16. The molecule has 0 saturated carbocycles. The van der Waals surface area contributed by atoms with Gasteiger partial charge in [0.25, 0.3) is 0 Å². The average Bonchev–Trinajstić information content (AvgIpc) is 3.11. The Morgan fingerprint density at radius 1 is 0.938 bits per heavy atom. The van der Waals surface area contributed by atoms with Crippen molar-refractivity contribution in [3.63, 3.8) is 0 Å². The Balaban J connectivity index is 1.71. The minimum absolute atomic E-state index is 0.130. The first-order valence-corrected chi connectivity index (χ1v) is 11.8. The molecule has 1 saturated heterocycles. The molecule has 1 aromatic carbocycles. The second kappa shape index (κ2) is 13.7. The van der Waals surface area contributed by atoms with Gasteiger partial charge in [-0.1, -0.05) is 65.3 Å². The van der Waals surface area contributed by atoms with Crippen molar-refractivity contribution in [2.24, 2.45) is 0 Å². The minimum Gasteiger partial charge on any atom is -0.447 e. The number of unbranched alkanes of at least 4 members (excludes halogenated alkanes) is 1. The van der Waals surface area contributed by atoms with E-state index in [0.29, 0.717) is 12.8 Å². The van der Waals surface area contributed by atoms with Crippen LogP contribution in [-0.4, -0.2) is 29.5 Å². The van der Waals surface area contributed by atoms with Crippen LogP contribution in [0.15, 0.2) is 65.3 Å². The van der Waals surface area contributed by atoms with Crippen LogP contribution < -0.4 is 0 Å². The summed E-state index contributed by atoms with van der Waals surface area (Å²) in [6.45, 7) is 8.92. The molecule has 1 heterocycles. The fraction of sp³-hybridized carbons (Fsp3) is 0.500. The molecule has 1 aromatic rings. The number of ether oxygens (including phenoxy) is 1. The molecule has 4 nitrogen and oxygen atoms in total. The van der Waals surface area contributed by atoms with E-state index in [1.165, 1.54) is 21.6 Å². The van der Waals surface area contributed by atoms with Crippen LogP contribution in [-0.2, 0) is 16.0 Å². The van der Waals surface area contributed by atoms with Crippen LogP contribution in [0.5, 0.6) is 0 Å². The monoisotopic (exact) mass is 437 g/mol. The predicted molar refractivity (Wildman–Crippen MR) is 131 cm³/mol. The van der Waals surface area contributed by atoms with E-state index in [2.05, 4.69) is 45.9 Å². The summed E-state index contributed by atoms with van der Waals surface area (Å²) in [6.07, 6.45) is 13.3. The largest absolute Gasteiger partial charge is 0.447 e. The summed E-state index contributed by atoms with van der Waals surface area (Å²) in [6, 6.07) is 9.71. The van der Waals surface area contributed by atoms with Crippen LogP contribution in [0.4, 0.5) is 4.79 Å². The molecule has 2 rings (SSSR count). The van der Waals surface area contributed by atoms with E-state index in [4.69, 9.17) is 4.74 Å². The van der Waals surface area contributed by atoms with Crippen LogP contribution in [0.2, 0.25) is 0 Å². The molecule has 0 aromatic heterocycles. The van der Waals surface area contributed by atoms with E-state index in [-0.39, 0.29) is 18.6 Å². The third-order valence-electron chi connectivity index (χ3n) is 5.75. The van der Waals surface area contributed by atoms with Gasteiger partial charge in [-0.2, -0.15) is 0 Å². The van der Waals surface area contributed by atoms with Gasteiger partial charge < -0.3 is 4.74 Å². The van der Waals surface area contributed by atoms with Crippen molar-refractivity contribution >= 4 is 12.0 Å². The van der Waals surface area contributed by atoms with Gasteiger partial charge in [0.1, 0.15) is 6.61 Å². The van der Waals surface area contributed by atoms with Gasteiger partial charge in [-0.25, -0.2) is 9.69 Å². The lowest BCUT2D eigenvalue weighted by Crippen LogP contribution is -2.40. The molecule has 0 unspecified atom stereocenters. The summed E-state index contributed by atoms with van der Waals surface area (Å²) in [5.41, 5.74) is 5.29. The van der Waals surface area contributed by atoms with Crippen molar-refractivity contribution in [2.45, 2.75) is 85.1 Å². The average molecular weight is 438 g/mol. The second-order valence-corrected chi connectivity index (χ2v) is 9.04. The molecule has 0 spiro atoms. The van der Waals surface area contributed by atoms with E-state index < -0.39 is 6.09 Å². The molecule has 174 valence electrons. The summed E-state index contributed by atoms with van der Waals surface area (Å²) in [5, 5.41) is 0. The van der Waals surface area contributed by atoms with E-state index in [0.717, 1.165) is 44.1 Å². The molecule has 1 aliphatic rings. The third kappa shape index (κ3) is 9.25. The number of cyclic esters (lactones) is 1. The van der Waals surface area contributed by atoms with E-state index in [9.17, 15) is 9.59 Å². The lowest BCUT2D eigenvalue weighted by Gasteiger charge is -2.19. The van der Waals surface area contributed by atoms with Crippen molar-refractivity contribution < 1.29 is 14.3 Å². The first-order chi connectivity index (χ1) is 15.4. The molecular formula is C28H39NO3. The highest BCUT2D eigenvalue weighted by molar-refractivity contribution is 5.93. The Kier molecular flexibility index (Phi) is 11.0. The second-order valence-electron chi connectivity index (χ2n) is 9.04. The number of allylic oxidation sites excluding steroid dienone is 6. The highest BCUT2D eigenvalue weighted by Crippen LogP contribution is 2.19. The Labute approximate surface area is 194 Å². The maximum absolute atomic E-state index is 12.7. The number of rotatable bonds is 12. The van der Waals surface area contributed by atoms with E-state index in [1.807, 2.05) is 30.3 Å². The van der Waals surface area contributed by atoms with Gasteiger partial charge in [-0.3, -0.25) is 4.79 Å². The maximum Gasteiger partial charge on any atom is 0.416 e. The molecule has 0 radical (unpaired) electrons. The zero-order valence-electron chi connectivity index (χ0n) is 20.2. The molecule has 0 bridgehead atoms. The number of hydrogen-bond donors (Lipinski definition) is 0. The number of imide groups is 1. The third-order valence-corrected chi connectivity index (χ3v) is 5.75. The fourth-order valence-corrected chi connectivity index (χ4v) is 3.86. The first kappa shape index (κ1) is 25.6. The van der Waals surface area contributed by atoms with Crippen molar-refractivity contribution in [3.8, 4) is 0 Å². The first-order valence-electron chi connectivity index (χ1n) is 11.8. The zero-order chi connectivity index (χ0) is 23.3. The Morgan fingerprint density at radius 2 is 1.56 bits per heavy atom. The van der Waals surface area contributed by atoms with Gasteiger partial charge >= 0.3 is 6.09 Å². The quantitative estimate of drug-likeness (QED) is 0.257. The molecule has 1 fully saturated rings. The zero-order valence-corrected chi connectivity index (χ0v) is 20.2. The summed E-state index contributed by atoms with van der Waals surface area (Å²) in [5.74, 6) is -0.130. The van der Waals surface area contributed by atoms with Crippen molar-refractivity contribution in [2.75, 3.05) is 6.61 Å². The number of carbonyl (C=O) groups excluding carboxylic acids is 2. The van der Waals surface area contributed by atoms with Gasteiger partial charge in [0.05, 0.1) is 6.04 Å². The maximum atomic E-state index is 12.7. The van der Waals surface area contributed by atoms with Crippen LogP contribution in [0.3, 0.4) is 0 Å². The molecule has 0 aliphatic carbocycles. The van der Waals surface area contributed by atoms with E-state index in [1.54, 1.807) is 0 Å². The molecular weight excluding hydrogens is 398 g/mol. The van der Waals surface area contributed by atoms with Crippen LogP contribution in [0.1, 0.15) is 78.2 Å². The van der Waals surface area contributed by atoms with Crippen LogP contribution in [0, 0.1) is 0 Å². The van der Waals surface area contributed by atoms with Gasteiger partial charge in [0, 0.05) is 6.42 Å². The number of carbonyl (C=O) groups is 2. The van der Waals surface area contributed by atoms with Crippen molar-refractivity contribution in [1.82, 2.24) is 4.90 Å². The van der Waals surface area contributed by atoms with Crippen molar-refractivity contribution in [3.05, 3.63) is 70.8 Å². The Bertz CT molecular complexity index is 831. The Morgan fingerprint density at radius 3 is 2.22 bits per heavy atom. The van der Waals surface area contributed by atoms with Gasteiger partial charge in [0.2, 0.25) is 5.91 Å². The highest BCUT2D eigenvalue weighted by Gasteiger charge is 2.37. The predicted octanol–water partition coefficient (Wildman–Crippen LogP) is 7.17. The molecule has 1 aliphatic heterocycles. The molecule has 2 amide bonds.